The van der Waals surface area contributed by atoms with Gasteiger partial charge in [0, 0.05) is 44.1 Å². The van der Waals surface area contributed by atoms with Crippen LogP contribution >= 0.6 is 11.3 Å². The van der Waals surface area contributed by atoms with Gasteiger partial charge in [-0.05, 0) is 35.6 Å². The topological polar surface area (TPSA) is 36.0 Å². The molecule has 2 aliphatic heterocycles. The highest BCUT2D eigenvalue weighted by molar-refractivity contribution is 7.10. The van der Waals surface area contributed by atoms with Gasteiger partial charge in [0.15, 0.2) is 0 Å². The van der Waals surface area contributed by atoms with E-state index in [0.717, 1.165) is 57.1 Å². The van der Waals surface area contributed by atoms with Gasteiger partial charge in [-0.3, -0.25) is 9.69 Å². The van der Waals surface area contributed by atoms with Crippen LogP contribution in [-0.2, 0) is 17.8 Å². The minimum atomic E-state index is 0.253. The van der Waals surface area contributed by atoms with Crippen LogP contribution in [0.1, 0.15) is 10.4 Å². The Morgan fingerprint density at radius 1 is 1.12 bits per heavy atom. The highest BCUT2D eigenvalue weighted by Crippen LogP contribution is 2.28. The van der Waals surface area contributed by atoms with Crippen LogP contribution in [0.5, 0.6) is 5.75 Å². The second-order valence-electron chi connectivity index (χ2n) is 6.87. The number of hydrogen-bond donors (Lipinski definition) is 0. The monoisotopic (exact) mass is 371 g/mol. The Morgan fingerprint density at radius 2 is 1.92 bits per heavy atom. The minimum absolute atomic E-state index is 0.253. The largest absolute Gasteiger partial charge is 0.495 e. The first kappa shape index (κ1) is 17.4. The number of nitrogens with zero attached hydrogens (tertiary/aromatic N) is 3. The van der Waals surface area contributed by atoms with Crippen molar-refractivity contribution in [2.45, 2.75) is 13.0 Å². The lowest BCUT2D eigenvalue weighted by atomic mass is 10.1. The number of carbonyl (C=O) groups is 1. The van der Waals surface area contributed by atoms with Gasteiger partial charge in [-0.2, -0.15) is 0 Å². The maximum atomic E-state index is 12.7. The van der Waals surface area contributed by atoms with E-state index in [0.29, 0.717) is 6.54 Å². The van der Waals surface area contributed by atoms with Crippen LogP contribution in [0, 0.1) is 0 Å². The zero-order valence-corrected chi connectivity index (χ0v) is 16.0. The number of rotatable bonds is 4. The standard InChI is InChI=1S/C20H25N3O2S/c1-25-18-5-3-2-4-17(18)22-9-11-23(12-10-22)20(24)15-21-8-6-19-16(14-21)7-13-26-19/h2-5,7,13H,6,8-12,14-15H2,1H3. The SMILES string of the molecule is COc1ccccc1N1CCN(C(=O)CN2CCc3sccc3C2)CC1. The first-order valence-corrected chi connectivity index (χ1v) is 10.1. The number of ether oxygens (including phenoxy) is 1. The van der Waals surface area contributed by atoms with Crippen LogP contribution in [0.15, 0.2) is 35.7 Å². The van der Waals surface area contributed by atoms with Gasteiger partial charge in [0.05, 0.1) is 19.3 Å². The van der Waals surface area contributed by atoms with Gasteiger partial charge in [-0.15, -0.1) is 11.3 Å². The maximum Gasteiger partial charge on any atom is 0.236 e. The first-order valence-electron chi connectivity index (χ1n) is 9.18. The molecule has 0 saturated carbocycles. The van der Waals surface area contributed by atoms with Crippen molar-refractivity contribution in [3.63, 3.8) is 0 Å². The third kappa shape index (κ3) is 3.57. The van der Waals surface area contributed by atoms with Gasteiger partial charge in [-0.1, -0.05) is 12.1 Å². The summed E-state index contributed by atoms with van der Waals surface area (Å²) in [4.78, 5) is 20.8. The first-order chi connectivity index (χ1) is 12.7. The molecule has 2 aliphatic rings. The summed E-state index contributed by atoms with van der Waals surface area (Å²) in [6.07, 6.45) is 1.07. The van der Waals surface area contributed by atoms with Gasteiger partial charge in [0.25, 0.3) is 0 Å². The predicted molar refractivity (Wildman–Crippen MR) is 105 cm³/mol. The average Bonchev–Trinajstić information content (AvgIpc) is 3.16. The summed E-state index contributed by atoms with van der Waals surface area (Å²) >= 11 is 1.84. The van der Waals surface area contributed by atoms with E-state index in [9.17, 15) is 4.79 Å². The molecule has 2 aromatic rings. The van der Waals surface area contributed by atoms with E-state index < -0.39 is 0 Å². The number of para-hydroxylation sites is 2. The molecule has 1 amide bonds. The fourth-order valence-electron chi connectivity index (χ4n) is 3.82. The lowest BCUT2D eigenvalue weighted by Crippen LogP contribution is -2.51. The van der Waals surface area contributed by atoms with Crippen molar-refractivity contribution in [1.29, 1.82) is 0 Å². The number of benzene rings is 1. The van der Waals surface area contributed by atoms with Crippen molar-refractivity contribution in [2.75, 3.05) is 51.3 Å². The average molecular weight is 372 g/mol. The molecule has 0 aliphatic carbocycles. The molecule has 1 saturated heterocycles. The molecular formula is C20H25N3O2S. The molecule has 6 heteroatoms. The summed E-state index contributed by atoms with van der Waals surface area (Å²) < 4.78 is 5.47. The van der Waals surface area contributed by atoms with Crippen LogP contribution in [0.4, 0.5) is 5.69 Å². The Hall–Kier alpha value is -2.05. The lowest BCUT2D eigenvalue weighted by Gasteiger charge is -2.37. The molecule has 138 valence electrons. The molecule has 1 aromatic carbocycles. The summed E-state index contributed by atoms with van der Waals surface area (Å²) in [5.74, 6) is 1.15. The molecular weight excluding hydrogens is 346 g/mol. The Kier molecular flexibility index (Phi) is 5.13. The zero-order chi connectivity index (χ0) is 17.9. The van der Waals surface area contributed by atoms with E-state index in [1.54, 1.807) is 7.11 Å². The van der Waals surface area contributed by atoms with E-state index in [-0.39, 0.29) is 5.91 Å². The molecule has 5 nitrogen and oxygen atoms in total. The molecule has 0 unspecified atom stereocenters. The molecule has 4 rings (SSSR count). The number of fused-ring (bicyclic) bond motifs is 1. The third-order valence-corrected chi connectivity index (χ3v) is 6.33. The summed E-state index contributed by atoms with van der Waals surface area (Å²) in [6.45, 7) is 5.67. The van der Waals surface area contributed by atoms with E-state index in [2.05, 4.69) is 27.3 Å². The summed E-state index contributed by atoms with van der Waals surface area (Å²) in [5, 5.41) is 2.16. The molecule has 1 fully saturated rings. The molecule has 0 bridgehead atoms. The highest BCUT2D eigenvalue weighted by atomic mass is 32.1. The Labute approximate surface area is 158 Å². The Bertz CT molecular complexity index is 768. The number of thiophene rings is 1. The number of methoxy groups -OCH3 is 1. The number of piperazine rings is 1. The van der Waals surface area contributed by atoms with Crippen molar-refractivity contribution in [3.05, 3.63) is 46.2 Å². The van der Waals surface area contributed by atoms with Crippen molar-refractivity contribution in [2.24, 2.45) is 0 Å². The minimum Gasteiger partial charge on any atom is -0.495 e. The van der Waals surface area contributed by atoms with Gasteiger partial charge >= 0.3 is 0 Å². The molecule has 0 spiro atoms. The van der Waals surface area contributed by atoms with E-state index in [1.807, 2.05) is 34.4 Å². The zero-order valence-electron chi connectivity index (χ0n) is 15.2. The number of amides is 1. The fourth-order valence-corrected chi connectivity index (χ4v) is 4.71. The van der Waals surface area contributed by atoms with Crippen LogP contribution < -0.4 is 9.64 Å². The highest BCUT2D eigenvalue weighted by Gasteiger charge is 2.25. The molecule has 0 N–H and O–H groups in total. The molecule has 0 atom stereocenters. The Balaban J connectivity index is 1.31. The summed E-state index contributed by atoms with van der Waals surface area (Å²) in [7, 11) is 1.70. The normalized spacial score (nSPS) is 17.9. The van der Waals surface area contributed by atoms with Crippen molar-refractivity contribution < 1.29 is 9.53 Å². The van der Waals surface area contributed by atoms with Crippen molar-refractivity contribution in [1.82, 2.24) is 9.80 Å². The molecule has 0 radical (unpaired) electrons. The number of anilines is 1. The van der Waals surface area contributed by atoms with Gasteiger partial charge in [0.2, 0.25) is 5.91 Å². The van der Waals surface area contributed by atoms with Gasteiger partial charge in [-0.25, -0.2) is 0 Å². The molecule has 26 heavy (non-hydrogen) atoms. The van der Waals surface area contributed by atoms with E-state index in [1.165, 1.54) is 10.4 Å². The number of hydrogen-bond acceptors (Lipinski definition) is 5. The number of carbonyl (C=O) groups excluding carboxylic acids is 1. The van der Waals surface area contributed by atoms with Crippen LogP contribution in [0.2, 0.25) is 0 Å². The van der Waals surface area contributed by atoms with Crippen LogP contribution in [0.3, 0.4) is 0 Å². The second-order valence-corrected chi connectivity index (χ2v) is 7.87. The lowest BCUT2D eigenvalue weighted by molar-refractivity contribution is -0.132. The maximum absolute atomic E-state index is 12.7. The van der Waals surface area contributed by atoms with E-state index >= 15 is 0 Å². The smallest absolute Gasteiger partial charge is 0.236 e. The van der Waals surface area contributed by atoms with Crippen LogP contribution in [-0.4, -0.2) is 62.1 Å². The van der Waals surface area contributed by atoms with Crippen molar-refractivity contribution >= 4 is 22.9 Å². The predicted octanol–water partition coefficient (Wildman–Crippen LogP) is 2.46. The van der Waals surface area contributed by atoms with Gasteiger partial charge < -0.3 is 14.5 Å². The fraction of sp³-hybridized carbons (Fsp3) is 0.450. The van der Waals surface area contributed by atoms with Crippen LogP contribution in [0.25, 0.3) is 0 Å². The molecule has 3 heterocycles. The quantitative estimate of drug-likeness (QED) is 0.827. The van der Waals surface area contributed by atoms with Gasteiger partial charge in [0.1, 0.15) is 5.75 Å². The summed E-state index contributed by atoms with van der Waals surface area (Å²) in [6, 6.07) is 10.3. The Morgan fingerprint density at radius 3 is 2.73 bits per heavy atom. The third-order valence-electron chi connectivity index (χ3n) is 5.30. The molecule has 1 aromatic heterocycles. The van der Waals surface area contributed by atoms with Crippen molar-refractivity contribution in [3.8, 4) is 5.75 Å². The second kappa shape index (κ2) is 7.68. The summed E-state index contributed by atoms with van der Waals surface area (Å²) in [5.41, 5.74) is 2.51. The van der Waals surface area contributed by atoms with E-state index in [4.69, 9.17) is 4.74 Å².